The lowest BCUT2D eigenvalue weighted by molar-refractivity contribution is -0.148. The number of benzene rings is 1. The van der Waals surface area contributed by atoms with Gasteiger partial charge in [0.25, 0.3) is 0 Å². The van der Waals surface area contributed by atoms with Crippen LogP contribution in [0.3, 0.4) is 0 Å². The van der Waals surface area contributed by atoms with Crippen LogP contribution in [0.25, 0.3) is 5.76 Å². The minimum Gasteiger partial charge on any atom is -0.465 e. The lowest BCUT2D eigenvalue weighted by atomic mass is 10.2. The summed E-state index contributed by atoms with van der Waals surface area (Å²) < 4.78 is 47.9. The zero-order valence-corrected chi connectivity index (χ0v) is 11.0. The molecular formula is C13H9F3O3S. The van der Waals surface area contributed by atoms with Gasteiger partial charge in [-0.1, -0.05) is 42.1 Å². The van der Waals surface area contributed by atoms with Gasteiger partial charge in [-0.05, 0) is 0 Å². The van der Waals surface area contributed by atoms with Crippen molar-refractivity contribution in [1.82, 2.24) is 0 Å². The largest absolute Gasteiger partial charge is 0.465 e. The van der Waals surface area contributed by atoms with Crippen molar-refractivity contribution in [3.8, 4) is 0 Å². The van der Waals surface area contributed by atoms with Crippen LogP contribution >= 0.6 is 11.8 Å². The van der Waals surface area contributed by atoms with Gasteiger partial charge >= 0.3 is 12.1 Å². The van der Waals surface area contributed by atoms with Gasteiger partial charge in [0, 0.05) is 11.0 Å². The smallest absolute Gasteiger partial charge is 0.427 e. The third-order valence-electron chi connectivity index (χ3n) is 2.41. The van der Waals surface area contributed by atoms with Crippen molar-refractivity contribution in [3.63, 3.8) is 0 Å². The van der Waals surface area contributed by atoms with E-state index in [0.717, 1.165) is 7.11 Å². The maximum atomic E-state index is 12.9. The maximum absolute atomic E-state index is 12.9. The Morgan fingerprint density at radius 2 is 1.90 bits per heavy atom. The summed E-state index contributed by atoms with van der Waals surface area (Å²) in [6, 6.07) is 8.63. The molecule has 0 spiro atoms. The molecule has 1 aromatic rings. The van der Waals surface area contributed by atoms with Crippen LogP contribution in [0.4, 0.5) is 13.2 Å². The Bertz CT molecular complexity index is 576. The number of hydrogen-bond donors (Lipinski definition) is 0. The molecule has 0 atom stereocenters. The van der Waals surface area contributed by atoms with Crippen LogP contribution in [0.1, 0.15) is 5.56 Å². The fourth-order valence-electron chi connectivity index (χ4n) is 1.51. The molecular weight excluding hydrogens is 293 g/mol. The Balaban J connectivity index is 2.32. The van der Waals surface area contributed by atoms with Gasteiger partial charge in [0.05, 0.1) is 7.11 Å². The molecule has 20 heavy (non-hydrogen) atoms. The van der Waals surface area contributed by atoms with E-state index in [0.29, 0.717) is 17.3 Å². The van der Waals surface area contributed by atoms with E-state index >= 15 is 0 Å². The van der Waals surface area contributed by atoms with Gasteiger partial charge in [0.15, 0.2) is 10.7 Å². The van der Waals surface area contributed by atoms with Crippen molar-refractivity contribution in [2.75, 3.05) is 7.11 Å². The summed E-state index contributed by atoms with van der Waals surface area (Å²) in [5.74, 6) is -1.21. The van der Waals surface area contributed by atoms with Crippen LogP contribution in [-0.4, -0.2) is 19.3 Å². The zero-order chi connectivity index (χ0) is 14.8. The molecule has 0 saturated heterocycles. The number of alkyl halides is 3. The van der Waals surface area contributed by atoms with E-state index in [4.69, 9.17) is 4.74 Å². The molecule has 2 rings (SSSR count). The van der Waals surface area contributed by atoms with Gasteiger partial charge < -0.3 is 9.47 Å². The van der Waals surface area contributed by atoms with Crippen LogP contribution in [0.15, 0.2) is 46.4 Å². The molecule has 0 bridgehead atoms. The van der Waals surface area contributed by atoms with Crippen molar-refractivity contribution in [2.24, 2.45) is 0 Å². The third kappa shape index (κ3) is 2.98. The lowest BCUT2D eigenvalue weighted by Crippen LogP contribution is -2.23. The van der Waals surface area contributed by atoms with Gasteiger partial charge in [0.2, 0.25) is 0 Å². The van der Waals surface area contributed by atoms with Crippen molar-refractivity contribution in [1.29, 1.82) is 0 Å². The summed E-state index contributed by atoms with van der Waals surface area (Å²) in [7, 11) is 0.889. The number of carbonyl (C=O) groups is 1. The van der Waals surface area contributed by atoms with Crippen LogP contribution in [0.5, 0.6) is 0 Å². The number of thioether (sulfide) groups is 1. The van der Waals surface area contributed by atoms with E-state index in [2.05, 4.69) is 4.74 Å². The molecule has 106 valence electrons. The van der Waals surface area contributed by atoms with Crippen LogP contribution in [-0.2, 0) is 14.3 Å². The Hall–Kier alpha value is -1.89. The number of carbonyl (C=O) groups excluding carboxylic acids is 1. The molecule has 0 N–H and O–H groups in total. The number of halogens is 3. The van der Waals surface area contributed by atoms with Crippen molar-refractivity contribution in [3.05, 3.63) is 52.0 Å². The Labute approximate surface area is 117 Å². The van der Waals surface area contributed by atoms with Crippen molar-refractivity contribution in [2.45, 2.75) is 6.18 Å². The third-order valence-corrected chi connectivity index (χ3v) is 3.24. The fourth-order valence-corrected chi connectivity index (χ4v) is 2.36. The van der Waals surface area contributed by atoms with Crippen molar-refractivity contribution < 1.29 is 27.4 Å². The molecule has 0 fully saturated rings. The summed E-state index contributed by atoms with van der Waals surface area (Å²) in [6.45, 7) is 0. The van der Waals surface area contributed by atoms with Crippen LogP contribution < -0.4 is 0 Å². The second-order valence-corrected chi connectivity index (χ2v) is 4.56. The minimum atomic E-state index is -4.84. The molecule has 1 aromatic carbocycles. The van der Waals surface area contributed by atoms with E-state index < -0.39 is 22.8 Å². The lowest BCUT2D eigenvalue weighted by Gasteiger charge is -2.12. The van der Waals surface area contributed by atoms with E-state index in [1.54, 1.807) is 30.3 Å². The van der Waals surface area contributed by atoms with E-state index in [-0.39, 0.29) is 5.76 Å². The predicted octanol–water partition coefficient (Wildman–Crippen LogP) is 3.70. The summed E-state index contributed by atoms with van der Waals surface area (Å²) >= 11 is 0.699. The standard InChI is InChI=1S/C13H9F3O3S/c1-18-11(17)10(13(14,15)16)12-19-9(7-20-12)8-5-3-2-4-6-8/h2-7H,1H3. The number of methoxy groups -OCH3 is 1. The molecule has 0 aromatic heterocycles. The predicted molar refractivity (Wildman–Crippen MR) is 68.2 cm³/mol. The van der Waals surface area contributed by atoms with E-state index in [1.807, 2.05) is 0 Å². The second kappa shape index (κ2) is 5.62. The number of hydrogen-bond acceptors (Lipinski definition) is 4. The maximum Gasteiger partial charge on any atom is 0.427 e. The summed E-state index contributed by atoms with van der Waals surface area (Å²) in [6.07, 6.45) is -4.84. The van der Waals surface area contributed by atoms with Crippen LogP contribution in [0.2, 0.25) is 0 Å². The monoisotopic (exact) mass is 302 g/mol. The minimum absolute atomic E-state index is 0.260. The summed E-state index contributed by atoms with van der Waals surface area (Å²) in [5, 5.41) is 0.891. The van der Waals surface area contributed by atoms with Crippen LogP contribution in [0, 0.1) is 0 Å². The van der Waals surface area contributed by atoms with Gasteiger partial charge in [-0.3, -0.25) is 0 Å². The molecule has 0 saturated carbocycles. The first-order valence-corrected chi connectivity index (χ1v) is 6.31. The first-order valence-electron chi connectivity index (χ1n) is 5.43. The number of rotatable bonds is 2. The fraction of sp³-hybridized carbons (Fsp3) is 0.154. The average molecular weight is 302 g/mol. The van der Waals surface area contributed by atoms with Gasteiger partial charge in [-0.25, -0.2) is 4.79 Å². The Kier molecular flexibility index (Phi) is 4.08. The molecule has 0 radical (unpaired) electrons. The highest BCUT2D eigenvalue weighted by atomic mass is 32.2. The highest BCUT2D eigenvalue weighted by Crippen LogP contribution is 2.42. The molecule has 1 aliphatic heterocycles. The number of esters is 1. The first-order chi connectivity index (χ1) is 9.43. The van der Waals surface area contributed by atoms with Gasteiger partial charge in [-0.15, -0.1) is 0 Å². The molecule has 3 nitrogen and oxygen atoms in total. The molecule has 0 aliphatic carbocycles. The number of ether oxygens (including phenoxy) is 2. The van der Waals surface area contributed by atoms with Crippen molar-refractivity contribution >= 4 is 23.5 Å². The molecule has 0 unspecified atom stereocenters. The Morgan fingerprint density at radius 1 is 1.25 bits per heavy atom. The van der Waals surface area contributed by atoms with E-state index in [1.165, 1.54) is 5.41 Å². The topological polar surface area (TPSA) is 35.5 Å². The quantitative estimate of drug-likeness (QED) is 0.616. The van der Waals surface area contributed by atoms with Gasteiger partial charge in [-0.2, -0.15) is 13.2 Å². The zero-order valence-electron chi connectivity index (χ0n) is 10.2. The summed E-state index contributed by atoms with van der Waals surface area (Å²) in [5.41, 5.74) is -0.812. The molecule has 1 heterocycles. The summed E-state index contributed by atoms with van der Waals surface area (Å²) in [4.78, 5) is 11.3. The normalized spacial score (nSPS) is 17.3. The van der Waals surface area contributed by atoms with E-state index in [9.17, 15) is 18.0 Å². The highest BCUT2D eigenvalue weighted by molar-refractivity contribution is 8.06. The molecule has 7 heteroatoms. The molecule has 0 amide bonds. The SMILES string of the molecule is COC(=O)C(=C1OC(c2ccccc2)=CS1)C(F)(F)F. The van der Waals surface area contributed by atoms with Gasteiger partial charge in [0.1, 0.15) is 5.76 Å². The second-order valence-electron chi connectivity index (χ2n) is 3.72. The average Bonchev–Trinajstić information content (AvgIpc) is 2.87. The first kappa shape index (κ1) is 14.5. The Morgan fingerprint density at radius 3 is 2.45 bits per heavy atom. The highest BCUT2D eigenvalue weighted by Gasteiger charge is 2.44. The molecule has 1 aliphatic rings.